The average molecular weight is 680 g/mol. The molecule has 0 aromatic rings. The van der Waals surface area contributed by atoms with Crippen LogP contribution in [-0.4, -0.2) is 34.9 Å². The summed E-state index contributed by atoms with van der Waals surface area (Å²) in [6, 6.07) is -0.671. The molecule has 0 rings (SSSR count). The lowest BCUT2D eigenvalue weighted by atomic mass is 10.0. The Kier molecular flexibility index (Phi) is 38.0. The van der Waals surface area contributed by atoms with Crippen molar-refractivity contribution in [3.63, 3.8) is 0 Å². The summed E-state index contributed by atoms with van der Waals surface area (Å²) in [5.41, 5.74) is 0. The van der Waals surface area contributed by atoms with Crippen molar-refractivity contribution in [2.24, 2.45) is 0 Å². The fraction of sp³-hybridized carbons (Fsp3) is 0.667. The number of aliphatic hydroxyl groups is 2. The minimum atomic E-state index is -0.891. The lowest BCUT2D eigenvalue weighted by Gasteiger charge is -2.19. The average Bonchev–Trinajstić information content (AvgIpc) is 3.10. The third kappa shape index (κ3) is 36.7. The third-order valence-electron chi connectivity index (χ3n) is 8.59. The maximum Gasteiger partial charge on any atom is 0.220 e. The summed E-state index contributed by atoms with van der Waals surface area (Å²) in [5.74, 6) is -0.122. The number of nitrogens with one attached hydrogen (secondary N) is 1. The topological polar surface area (TPSA) is 69.6 Å². The molecule has 0 heterocycles. The number of carbonyl (C=O) groups excluding carboxylic acids is 1. The van der Waals surface area contributed by atoms with Crippen molar-refractivity contribution in [2.75, 3.05) is 6.61 Å². The van der Waals surface area contributed by atoms with E-state index in [-0.39, 0.29) is 12.5 Å². The van der Waals surface area contributed by atoms with Gasteiger partial charge in [-0.05, 0) is 83.5 Å². The maximum atomic E-state index is 12.3. The first-order valence-electron chi connectivity index (χ1n) is 20.3. The van der Waals surface area contributed by atoms with Crippen LogP contribution in [0, 0.1) is 0 Å². The highest BCUT2D eigenvalue weighted by molar-refractivity contribution is 5.76. The zero-order valence-electron chi connectivity index (χ0n) is 31.9. The van der Waals surface area contributed by atoms with E-state index in [0.717, 1.165) is 70.6 Å². The third-order valence-corrected chi connectivity index (χ3v) is 8.59. The van der Waals surface area contributed by atoms with Gasteiger partial charge in [0.2, 0.25) is 5.91 Å². The monoisotopic (exact) mass is 680 g/mol. The predicted octanol–water partition coefficient (Wildman–Crippen LogP) is 12.5. The van der Waals surface area contributed by atoms with Gasteiger partial charge < -0.3 is 15.5 Å². The molecule has 49 heavy (non-hydrogen) atoms. The number of amides is 1. The van der Waals surface area contributed by atoms with Gasteiger partial charge in [0.25, 0.3) is 0 Å². The van der Waals surface area contributed by atoms with Crippen LogP contribution in [0.2, 0.25) is 0 Å². The van der Waals surface area contributed by atoms with Gasteiger partial charge >= 0.3 is 0 Å². The van der Waals surface area contributed by atoms with Crippen molar-refractivity contribution in [2.45, 2.75) is 187 Å². The molecule has 0 aliphatic carbocycles. The van der Waals surface area contributed by atoms with Crippen molar-refractivity contribution >= 4 is 5.91 Å². The van der Waals surface area contributed by atoms with E-state index in [4.69, 9.17) is 0 Å². The number of hydrogen-bond donors (Lipinski definition) is 3. The van der Waals surface area contributed by atoms with Gasteiger partial charge in [-0.25, -0.2) is 0 Å². The molecular formula is C45H77NO3. The SMILES string of the molecule is CC/C=C\C/C=C\C/C=C\C/C=C\CCCCC(=O)NC(CO)C(O)/C=C/CC/C=C/CC/C=C/CCCCCCCCCCCCCC. The molecule has 4 heteroatoms. The highest BCUT2D eigenvalue weighted by Gasteiger charge is 2.17. The van der Waals surface area contributed by atoms with Gasteiger partial charge in [0.15, 0.2) is 0 Å². The molecule has 3 N–H and O–H groups in total. The van der Waals surface area contributed by atoms with Crippen molar-refractivity contribution < 1.29 is 15.0 Å². The first-order valence-corrected chi connectivity index (χ1v) is 20.3. The van der Waals surface area contributed by atoms with E-state index in [2.05, 4.69) is 92.1 Å². The molecule has 0 fully saturated rings. The van der Waals surface area contributed by atoms with Gasteiger partial charge in [0.1, 0.15) is 0 Å². The summed E-state index contributed by atoms with van der Waals surface area (Å²) >= 11 is 0. The molecule has 0 aromatic heterocycles. The lowest BCUT2D eigenvalue weighted by molar-refractivity contribution is -0.123. The largest absolute Gasteiger partial charge is 0.394 e. The van der Waals surface area contributed by atoms with Crippen molar-refractivity contribution in [3.8, 4) is 0 Å². The molecule has 0 radical (unpaired) electrons. The van der Waals surface area contributed by atoms with Crippen LogP contribution in [0.4, 0.5) is 0 Å². The van der Waals surface area contributed by atoms with Gasteiger partial charge in [-0.1, -0.05) is 170 Å². The van der Waals surface area contributed by atoms with Crippen LogP contribution >= 0.6 is 0 Å². The summed E-state index contributed by atoms with van der Waals surface area (Å²) in [6.45, 7) is 4.14. The van der Waals surface area contributed by atoms with E-state index in [0.29, 0.717) is 6.42 Å². The van der Waals surface area contributed by atoms with Crippen LogP contribution in [-0.2, 0) is 4.79 Å². The smallest absolute Gasteiger partial charge is 0.220 e. The zero-order chi connectivity index (χ0) is 35.7. The lowest BCUT2D eigenvalue weighted by Crippen LogP contribution is -2.45. The number of unbranched alkanes of at least 4 members (excludes halogenated alkanes) is 16. The van der Waals surface area contributed by atoms with Gasteiger partial charge in [-0.2, -0.15) is 0 Å². The number of aliphatic hydroxyl groups excluding tert-OH is 2. The predicted molar refractivity (Wildman–Crippen MR) is 216 cm³/mol. The van der Waals surface area contributed by atoms with E-state index in [9.17, 15) is 15.0 Å². The van der Waals surface area contributed by atoms with Crippen LogP contribution in [0.15, 0.2) is 85.1 Å². The van der Waals surface area contributed by atoms with E-state index < -0.39 is 12.1 Å². The van der Waals surface area contributed by atoms with Crippen molar-refractivity contribution in [3.05, 3.63) is 85.1 Å². The fourth-order valence-electron chi connectivity index (χ4n) is 5.49. The summed E-state index contributed by atoms with van der Waals surface area (Å²) in [7, 11) is 0. The molecule has 0 saturated heterocycles. The molecule has 280 valence electrons. The summed E-state index contributed by atoms with van der Waals surface area (Å²) in [6.07, 6.45) is 58.3. The van der Waals surface area contributed by atoms with E-state index in [1.54, 1.807) is 6.08 Å². The van der Waals surface area contributed by atoms with Crippen LogP contribution in [0.25, 0.3) is 0 Å². The highest BCUT2D eigenvalue weighted by Crippen LogP contribution is 2.13. The second-order valence-electron chi connectivity index (χ2n) is 13.3. The van der Waals surface area contributed by atoms with Crippen LogP contribution in [0.1, 0.15) is 174 Å². The van der Waals surface area contributed by atoms with Gasteiger partial charge in [-0.3, -0.25) is 4.79 Å². The minimum Gasteiger partial charge on any atom is -0.394 e. The molecule has 0 saturated carbocycles. The Balaban J connectivity index is 3.76. The summed E-state index contributed by atoms with van der Waals surface area (Å²) in [5, 5.41) is 22.9. The van der Waals surface area contributed by atoms with Crippen LogP contribution in [0.5, 0.6) is 0 Å². The molecule has 4 nitrogen and oxygen atoms in total. The van der Waals surface area contributed by atoms with Crippen LogP contribution in [0.3, 0.4) is 0 Å². The molecule has 2 unspecified atom stereocenters. The summed E-state index contributed by atoms with van der Waals surface area (Å²) < 4.78 is 0. The Morgan fingerprint density at radius 2 is 0.918 bits per heavy atom. The van der Waals surface area contributed by atoms with Gasteiger partial charge in [0.05, 0.1) is 18.8 Å². The van der Waals surface area contributed by atoms with Gasteiger partial charge in [-0.15, -0.1) is 0 Å². The molecule has 0 bridgehead atoms. The Labute approximate surface area is 303 Å². The van der Waals surface area contributed by atoms with E-state index in [1.807, 2.05) is 6.08 Å². The zero-order valence-corrected chi connectivity index (χ0v) is 31.9. The van der Waals surface area contributed by atoms with Crippen LogP contribution < -0.4 is 5.32 Å². The molecule has 0 aliphatic rings. The number of allylic oxidation sites excluding steroid dienone is 13. The number of carbonyl (C=O) groups is 1. The first kappa shape index (κ1) is 46.6. The maximum absolute atomic E-state index is 12.3. The molecular weight excluding hydrogens is 602 g/mol. The van der Waals surface area contributed by atoms with Crippen molar-refractivity contribution in [1.82, 2.24) is 5.32 Å². The normalized spacial score (nSPS) is 14.0. The fourth-order valence-corrected chi connectivity index (χ4v) is 5.49. The molecule has 0 spiro atoms. The Morgan fingerprint density at radius 3 is 1.43 bits per heavy atom. The number of rotatable bonds is 35. The Bertz CT molecular complexity index is 910. The summed E-state index contributed by atoms with van der Waals surface area (Å²) in [4.78, 5) is 12.3. The second-order valence-corrected chi connectivity index (χ2v) is 13.3. The van der Waals surface area contributed by atoms with Crippen molar-refractivity contribution in [1.29, 1.82) is 0 Å². The van der Waals surface area contributed by atoms with Gasteiger partial charge in [0, 0.05) is 6.42 Å². The molecule has 1 amide bonds. The van der Waals surface area contributed by atoms with E-state index >= 15 is 0 Å². The number of hydrogen-bond acceptors (Lipinski definition) is 3. The quantitative estimate of drug-likeness (QED) is 0.0461. The standard InChI is InChI=1S/C45H77NO3/c1-3-5-7-9-11-13-15-17-19-20-21-22-23-24-25-27-28-30-32-34-36-38-40-44(48)43(42-47)46-45(49)41-39-37-35-33-31-29-26-18-16-14-12-10-8-6-4-2/h6,8,12,14,18,24-26,30-33,38,40,43-44,47-48H,3-5,7,9-11,13,15-17,19-23,27-29,34-37,39,41-42H2,1-2H3,(H,46,49)/b8-6-,14-12-,25-24+,26-18-,32-30+,33-31-,40-38+. The van der Waals surface area contributed by atoms with E-state index in [1.165, 1.54) is 83.5 Å². The Hall–Kier alpha value is -2.43. The first-order chi connectivity index (χ1) is 24.2. The highest BCUT2D eigenvalue weighted by atomic mass is 16.3. The second kappa shape index (κ2) is 40.0. The minimum absolute atomic E-state index is 0.122. The Morgan fingerprint density at radius 1 is 0.510 bits per heavy atom. The molecule has 0 aliphatic heterocycles. The molecule has 0 aromatic carbocycles. The molecule has 2 atom stereocenters.